The molecule has 0 aromatic heterocycles. The van der Waals surface area contributed by atoms with E-state index in [0.29, 0.717) is 6.61 Å². The van der Waals surface area contributed by atoms with Crippen molar-refractivity contribution in [1.29, 1.82) is 0 Å². The summed E-state index contributed by atoms with van der Waals surface area (Å²) >= 11 is 0. The number of aliphatic hydroxyl groups excluding tert-OH is 1. The fourth-order valence-electron chi connectivity index (χ4n) is 3.75. The number of rotatable bonds is 18. The zero-order valence-corrected chi connectivity index (χ0v) is 23.1. The Hall–Kier alpha value is -1.60. The average Bonchev–Trinajstić information content (AvgIpc) is 2.75. The molecule has 0 heterocycles. The lowest BCUT2D eigenvalue weighted by molar-refractivity contribution is 0.288. The lowest BCUT2D eigenvalue weighted by Gasteiger charge is -2.03. The minimum Gasteiger partial charge on any atom is -0.396 e. The first kappa shape index (κ1) is 31.4. The molecule has 0 fully saturated rings. The van der Waals surface area contributed by atoms with Crippen LogP contribution in [0.1, 0.15) is 126 Å². The van der Waals surface area contributed by atoms with Crippen molar-refractivity contribution in [3.05, 3.63) is 69.9 Å². The summed E-state index contributed by atoms with van der Waals surface area (Å²) in [6.07, 6.45) is 27.8. The van der Waals surface area contributed by atoms with Crippen molar-refractivity contribution in [3.8, 4) is 0 Å². The molecule has 1 heteroatoms. The van der Waals surface area contributed by atoms with Crippen LogP contribution < -0.4 is 0 Å². The second-order valence-electron chi connectivity index (χ2n) is 10.1. The van der Waals surface area contributed by atoms with Gasteiger partial charge in [0.15, 0.2) is 0 Å². The van der Waals surface area contributed by atoms with Crippen LogP contribution >= 0.6 is 0 Å². The minimum atomic E-state index is 0.293. The Labute approximate surface area is 207 Å². The van der Waals surface area contributed by atoms with Gasteiger partial charge in [0.25, 0.3) is 0 Å². The van der Waals surface area contributed by atoms with Crippen molar-refractivity contribution in [2.24, 2.45) is 0 Å². The van der Waals surface area contributed by atoms with Gasteiger partial charge in [-0.25, -0.2) is 0 Å². The summed E-state index contributed by atoms with van der Waals surface area (Å²) in [5, 5.41) is 8.90. The van der Waals surface area contributed by atoms with Gasteiger partial charge in [-0.05, 0) is 126 Å². The van der Waals surface area contributed by atoms with Crippen LogP contribution in [0.3, 0.4) is 0 Å². The summed E-state index contributed by atoms with van der Waals surface area (Å²) in [6.45, 7) is 15.9. The third-order valence-electron chi connectivity index (χ3n) is 6.07. The first-order valence-corrected chi connectivity index (χ1v) is 13.3. The van der Waals surface area contributed by atoms with Crippen molar-refractivity contribution >= 4 is 0 Å². The van der Waals surface area contributed by atoms with Crippen LogP contribution in [0.15, 0.2) is 69.9 Å². The van der Waals surface area contributed by atoms with Gasteiger partial charge in [-0.15, -0.1) is 0 Å². The summed E-state index contributed by atoms with van der Waals surface area (Å²) < 4.78 is 0. The van der Waals surface area contributed by atoms with Gasteiger partial charge in [0.1, 0.15) is 0 Å². The van der Waals surface area contributed by atoms with Crippen molar-refractivity contribution in [3.63, 3.8) is 0 Å². The Morgan fingerprint density at radius 2 is 0.727 bits per heavy atom. The molecule has 1 nitrogen and oxygen atoms in total. The van der Waals surface area contributed by atoms with Crippen molar-refractivity contribution in [2.45, 2.75) is 126 Å². The molecule has 0 aliphatic rings. The van der Waals surface area contributed by atoms with Gasteiger partial charge in [0.2, 0.25) is 0 Å². The van der Waals surface area contributed by atoms with E-state index in [2.05, 4.69) is 84.9 Å². The van der Waals surface area contributed by atoms with E-state index in [0.717, 1.165) is 44.9 Å². The van der Waals surface area contributed by atoms with Gasteiger partial charge in [-0.3, -0.25) is 0 Å². The maximum Gasteiger partial charge on any atom is 0.0434 e. The molecule has 0 saturated heterocycles. The molecule has 0 spiro atoms. The highest BCUT2D eigenvalue weighted by atomic mass is 16.2. The van der Waals surface area contributed by atoms with Crippen molar-refractivity contribution < 1.29 is 5.11 Å². The largest absolute Gasteiger partial charge is 0.396 e. The molecule has 0 rings (SSSR count). The summed E-state index contributed by atoms with van der Waals surface area (Å²) in [6, 6.07) is 0. The van der Waals surface area contributed by atoms with Gasteiger partial charge in [0.05, 0.1) is 0 Å². The van der Waals surface area contributed by atoms with Crippen LogP contribution in [-0.4, -0.2) is 11.7 Å². The van der Waals surface area contributed by atoms with Gasteiger partial charge < -0.3 is 5.11 Å². The molecule has 0 atom stereocenters. The molecule has 0 unspecified atom stereocenters. The number of hydrogen-bond donors (Lipinski definition) is 1. The molecule has 0 aromatic rings. The van der Waals surface area contributed by atoms with Gasteiger partial charge in [-0.1, -0.05) is 69.9 Å². The third-order valence-corrected chi connectivity index (χ3v) is 6.07. The first-order valence-electron chi connectivity index (χ1n) is 13.3. The number of aliphatic hydroxyl groups is 1. The Balaban J connectivity index is 4.07. The fraction of sp³-hybridized carbons (Fsp3) is 0.625. The van der Waals surface area contributed by atoms with E-state index < -0.39 is 0 Å². The lowest BCUT2D eigenvalue weighted by atomic mass is 10.0. The predicted octanol–water partition coefficient (Wildman–Crippen LogP) is 10.4. The molecule has 0 aliphatic heterocycles. The molecule has 0 radical (unpaired) electrons. The van der Waals surface area contributed by atoms with Gasteiger partial charge in [0, 0.05) is 6.61 Å². The minimum absolute atomic E-state index is 0.293. The van der Waals surface area contributed by atoms with Crippen LogP contribution in [0, 0.1) is 0 Å². The summed E-state index contributed by atoms with van der Waals surface area (Å²) in [7, 11) is 0. The smallest absolute Gasteiger partial charge is 0.0434 e. The number of allylic oxidation sites excluding steroid dienone is 12. The molecular formula is C32H54O. The van der Waals surface area contributed by atoms with E-state index in [9.17, 15) is 0 Å². The standard InChI is InChI=1S/C32H54O/c1-27(2)15-10-18-30(5)21-11-19-28(3)16-8-9-17-29(4)20-12-22-31(6)23-13-24-32(7)25-14-26-33/h15-17,21-22,24,33H,8-14,18-20,23,25-26H2,1-7H3/b28-16+,29-17+,30-21+,31-22+,32-24?. The summed E-state index contributed by atoms with van der Waals surface area (Å²) in [4.78, 5) is 0. The van der Waals surface area contributed by atoms with E-state index >= 15 is 0 Å². The highest BCUT2D eigenvalue weighted by Gasteiger charge is 1.95. The zero-order chi connectivity index (χ0) is 24.9. The maximum absolute atomic E-state index is 8.90. The first-order chi connectivity index (χ1) is 15.7. The summed E-state index contributed by atoms with van der Waals surface area (Å²) in [5.41, 5.74) is 8.87. The molecule has 0 amide bonds. The third kappa shape index (κ3) is 22.0. The van der Waals surface area contributed by atoms with E-state index in [1.54, 1.807) is 0 Å². The van der Waals surface area contributed by atoms with Crippen LogP contribution in [0.5, 0.6) is 0 Å². The van der Waals surface area contributed by atoms with Crippen molar-refractivity contribution in [1.82, 2.24) is 0 Å². The molecule has 0 aliphatic carbocycles. The molecule has 1 N–H and O–H groups in total. The van der Waals surface area contributed by atoms with E-state index in [-0.39, 0.29) is 0 Å². The highest BCUT2D eigenvalue weighted by molar-refractivity contribution is 5.08. The maximum atomic E-state index is 8.90. The van der Waals surface area contributed by atoms with Crippen molar-refractivity contribution in [2.75, 3.05) is 6.61 Å². The number of hydrogen-bond acceptors (Lipinski definition) is 1. The summed E-state index contributed by atoms with van der Waals surface area (Å²) in [5.74, 6) is 0. The van der Waals surface area contributed by atoms with Crippen LogP contribution in [0.2, 0.25) is 0 Å². The lowest BCUT2D eigenvalue weighted by Crippen LogP contribution is -1.85. The van der Waals surface area contributed by atoms with Gasteiger partial charge >= 0.3 is 0 Å². The van der Waals surface area contributed by atoms with E-state index in [1.807, 2.05) is 0 Å². The highest BCUT2D eigenvalue weighted by Crippen LogP contribution is 2.15. The number of unbranched alkanes of at least 4 members (excludes halogenated alkanes) is 1. The molecular weight excluding hydrogens is 400 g/mol. The molecule has 0 aromatic carbocycles. The van der Waals surface area contributed by atoms with Crippen LogP contribution in [0.4, 0.5) is 0 Å². The second kappa shape index (κ2) is 21.0. The Kier molecular flexibility index (Phi) is 20.0. The van der Waals surface area contributed by atoms with E-state index in [1.165, 1.54) is 65.5 Å². The monoisotopic (exact) mass is 454 g/mol. The molecule has 188 valence electrons. The molecule has 0 saturated carbocycles. The average molecular weight is 455 g/mol. The normalized spacial score (nSPS) is 14.1. The Morgan fingerprint density at radius 3 is 1.06 bits per heavy atom. The fourth-order valence-corrected chi connectivity index (χ4v) is 3.75. The topological polar surface area (TPSA) is 20.2 Å². The van der Waals surface area contributed by atoms with Crippen LogP contribution in [-0.2, 0) is 0 Å². The quantitative estimate of drug-likeness (QED) is 0.161. The Morgan fingerprint density at radius 1 is 0.424 bits per heavy atom. The van der Waals surface area contributed by atoms with Crippen LogP contribution in [0.25, 0.3) is 0 Å². The zero-order valence-electron chi connectivity index (χ0n) is 23.1. The molecule has 0 bridgehead atoms. The Bertz CT molecular complexity index is 690. The molecule has 33 heavy (non-hydrogen) atoms. The SMILES string of the molecule is CC(C)=CCC/C(C)=C/CC/C(C)=C/CC/C=C(\C)CC/C=C(\C)CCC=C(C)CCCO. The predicted molar refractivity (Wildman–Crippen MR) is 151 cm³/mol. The second-order valence-corrected chi connectivity index (χ2v) is 10.1. The van der Waals surface area contributed by atoms with E-state index in [4.69, 9.17) is 5.11 Å². The van der Waals surface area contributed by atoms with Gasteiger partial charge in [-0.2, -0.15) is 0 Å².